The van der Waals surface area contributed by atoms with Crippen LogP contribution >= 0.6 is 0 Å². The molecule has 2 N–H and O–H groups in total. The first kappa shape index (κ1) is 18.5. The van der Waals surface area contributed by atoms with Crippen molar-refractivity contribution in [3.63, 3.8) is 0 Å². The number of anilines is 1. The molecule has 0 aliphatic heterocycles. The Kier molecular flexibility index (Phi) is 6.05. The summed E-state index contributed by atoms with van der Waals surface area (Å²) in [5, 5.41) is 4.29. The second-order valence-electron chi connectivity index (χ2n) is 6.38. The fourth-order valence-corrected chi connectivity index (χ4v) is 2.67. The number of hydrogen-bond donors (Lipinski definition) is 1. The Morgan fingerprint density at radius 1 is 1.22 bits per heavy atom. The molecule has 0 saturated carbocycles. The molecule has 0 aliphatic carbocycles. The molecule has 3 rings (SSSR count). The van der Waals surface area contributed by atoms with Gasteiger partial charge in [-0.2, -0.15) is 5.10 Å². The zero-order valence-electron chi connectivity index (χ0n) is 15.3. The van der Waals surface area contributed by atoms with Gasteiger partial charge < -0.3 is 10.5 Å². The first-order valence-corrected chi connectivity index (χ1v) is 8.86. The molecule has 138 valence electrons. The van der Waals surface area contributed by atoms with Crippen molar-refractivity contribution in [1.29, 1.82) is 0 Å². The smallest absolute Gasteiger partial charge is 0.160 e. The molecule has 1 aromatic heterocycles. The molecule has 0 spiro atoms. The predicted octanol–water partition coefficient (Wildman–Crippen LogP) is 3.68. The van der Waals surface area contributed by atoms with Crippen LogP contribution in [0.1, 0.15) is 16.7 Å². The van der Waals surface area contributed by atoms with Crippen molar-refractivity contribution < 1.29 is 9.53 Å². The fourth-order valence-electron chi connectivity index (χ4n) is 2.67. The normalized spacial score (nSPS) is 11.0. The molecular weight excluding hydrogens is 338 g/mol. The van der Waals surface area contributed by atoms with Gasteiger partial charge in [-0.15, -0.1) is 0 Å². The van der Waals surface area contributed by atoms with Gasteiger partial charge in [0.25, 0.3) is 0 Å². The van der Waals surface area contributed by atoms with Crippen LogP contribution in [0.25, 0.3) is 6.08 Å². The van der Waals surface area contributed by atoms with Gasteiger partial charge in [0.05, 0.1) is 12.7 Å². The van der Waals surface area contributed by atoms with Crippen molar-refractivity contribution in [2.75, 3.05) is 12.3 Å². The van der Waals surface area contributed by atoms with E-state index in [0.29, 0.717) is 25.3 Å². The minimum Gasteiger partial charge on any atom is -0.492 e. The number of carbonyl (C=O) groups excluding carboxylic acids is 1. The molecule has 3 aromatic rings. The Bertz CT molecular complexity index is 930. The molecule has 0 unspecified atom stereocenters. The van der Waals surface area contributed by atoms with E-state index in [0.717, 1.165) is 22.4 Å². The first-order valence-electron chi connectivity index (χ1n) is 8.86. The van der Waals surface area contributed by atoms with E-state index in [2.05, 4.69) is 5.10 Å². The summed E-state index contributed by atoms with van der Waals surface area (Å²) in [5.74, 6) is 0.844. The molecule has 0 atom stereocenters. The molecule has 0 radical (unpaired) electrons. The number of rotatable bonds is 8. The highest BCUT2D eigenvalue weighted by atomic mass is 16.5. The predicted molar refractivity (Wildman–Crippen MR) is 108 cm³/mol. The molecule has 0 bridgehead atoms. The number of ether oxygens (including phenoxy) is 1. The van der Waals surface area contributed by atoms with Gasteiger partial charge in [0.2, 0.25) is 0 Å². The van der Waals surface area contributed by atoms with Crippen LogP contribution in [0.2, 0.25) is 0 Å². The highest BCUT2D eigenvalue weighted by Crippen LogP contribution is 2.15. The maximum Gasteiger partial charge on any atom is 0.160 e. The topological polar surface area (TPSA) is 70.1 Å². The SMILES string of the molecule is Cc1ccc(CC(=O)/C=C/c2cnn(CCOc3ccccc3)c2)c(N)c1. The monoisotopic (exact) mass is 361 g/mol. The number of aromatic nitrogens is 2. The van der Waals surface area contributed by atoms with Gasteiger partial charge in [-0.05, 0) is 48.4 Å². The Labute approximate surface area is 159 Å². The molecule has 27 heavy (non-hydrogen) atoms. The molecule has 0 amide bonds. The Morgan fingerprint density at radius 3 is 2.81 bits per heavy atom. The summed E-state index contributed by atoms with van der Waals surface area (Å²) in [6.07, 6.45) is 7.25. The lowest BCUT2D eigenvalue weighted by molar-refractivity contribution is -0.113. The number of para-hydroxylation sites is 1. The van der Waals surface area contributed by atoms with Crippen LogP contribution in [0, 0.1) is 6.92 Å². The van der Waals surface area contributed by atoms with Crippen molar-refractivity contribution >= 4 is 17.5 Å². The maximum absolute atomic E-state index is 12.2. The van der Waals surface area contributed by atoms with E-state index in [-0.39, 0.29) is 5.78 Å². The lowest BCUT2D eigenvalue weighted by atomic mass is 10.0. The lowest BCUT2D eigenvalue weighted by Crippen LogP contribution is -2.08. The van der Waals surface area contributed by atoms with E-state index >= 15 is 0 Å². The number of nitrogen functional groups attached to an aromatic ring is 1. The second kappa shape index (κ2) is 8.85. The molecule has 1 heterocycles. The summed E-state index contributed by atoms with van der Waals surface area (Å²) in [6, 6.07) is 15.4. The highest BCUT2D eigenvalue weighted by molar-refractivity contribution is 5.95. The minimum atomic E-state index is 0.00529. The number of ketones is 1. The van der Waals surface area contributed by atoms with E-state index in [1.54, 1.807) is 23.0 Å². The third kappa shape index (κ3) is 5.57. The molecule has 5 heteroatoms. The molecule has 0 saturated heterocycles. The number of nitrogens with zero attached hydrogens (tertiary/aromatic N) is 2. The maximum atomic E-state index is 12.2. The van der Waals surface area contributed by atoms with Gasteiger partial charge in [-0.1, -0.05) is 30.3 Å². The van der Waals surface area contributed by atoms with Gasteiger partial charge in [-0.25, -0.2) is 0 Å². The van der Waals surface area contributed by atoms with Crippen molar-refractivity contribution in [2.24, 2.45) is 0 Å². The summed E-state index contributed by atoms with van der Waals surface area (Å²) in [6.45, 7) is 3.14. The molecule has 5 nitrogen and oxygen atoms in total. The third-order valence-corrected chi connectivity index (χ3v) is 4.11. The lowest BCUT2D eigenvalue weighted by Gasteiger charge is -2.05. The summed E-state index contributed by atoms with van der Waals surface area (Å²) in [5.41, 5.74) is 9.43. The third-order valence-electron chi connectivity index (χ3n) is 4.11. The van der Waals surface area contributed by atoms with Crippen molar-refractivity contribution in [3.05, 3.63) is 83.7 Å². The summed E-state index contributed by atoms with van der Waals surface area (Å²) < 4.78 is 7.46. The standard InChI is InChI=1S/C22H23N3O2/c1-17-7-9-19(22(23)13-17)14-20(26)10-8-18-15-24-25(16-18)11-12-27-21-5-3-2-4-6-21/h2-10,13,15-16H,11-12,14,23H2,1H3/b10-8+. The average molecular weight is 361 g/mol. The largest absolute Gasteiger partial charge is 0.492 e. The van der Waals surface area contributed by atoms with E-state index < -0.39 is 0 Å². The Balaban J connectivity index is 1.49. The second-order valence-corrected chi connectivity index (χ2v) is 6.38. The molecule has 2 aromatic carbocycles. The van der Waals surface area contributed by atoms with Crippen LogP contribution < -0.4 is 10.5 Å². The summed E-state index contributed by atoms with van der Waals surface area (Å²) in [7, 11) is 0. The van der Waals surface area contributed by atoms with Crippen molar-refractivity contribution in [1.82, 2.24) is 9.78 Å². The number of benzene rings is 2. The zero-order valence-corrected chi connectivity index (χ0v) is 15.3. The van der Waals surface area contributed by atoms with Crippen LogP contribution in [0.5, 0.6) is 5.75 Å². The van der Waals surface area contributed by atoms with Crippen LogP contribution in [0.3, 0.4) is 0 Å². The molecule has 0 aliphatic rings. The van der Waals surface area contributed by atoms with Gasteiger partial charge >= 0.3 is 0 Å². The van der Waals surface area contributed by atoms with E-state index in [4.69, 9.17) is 10.5 Å². The van der Waals surface area contributed by atoms with Crippen LogP contribution in [-0.2, 0) is 17.8 Å². The number of aryl methyl sites for hydroxylation is 1. The van der Waals surface area contributed by atoms with E-state index in [9.17, 15) is 4.79 Å². The summed E-state index contributed by atoms with van der Waals surface area (Å²) in [4.78, 5) is 12.2. The van der Waals surface area contributed by atoms with E-state index in [1.807, 2.05) is 61.7 Å². The fraction of sp³-hybridized carbons (Fsp3) is 0.182. The first-order chi connectivity index (χ1) is 13.1. The number of nitrogens with two attached hydrogens (primary N) is 1. The van der Waals surface area contributed by atoms with Crippen LogP contribution in [0.15, 0.2) is 67.0 Å². The average Bonchev–Trinajstić information content (AvgIpc) is 3.11. The molecular formula is C22H23N3O2. The minimum absolute atomic E-state index is 0.00529. The summed E-state index contributed by atoms with van der Waals surface area (Å²) >= 11 is 0. The van der Waals surface area contributed by atoms with Crippen LogP contribution in [-0.4, -0.2) is 22.2 Å². The quantitative estimate of drug-likeness (QED) is 0.491. The Hall–Kier alpha value is -3.34. The number of carbonyl (C=O) groups is 1. The van der Waals surface area contributed by atoms with Crippen molar-refractivity contribution in [3.8, 4) is 5.75 Å². The highest BCUT2D eigenvalue weighted by Gasteiger charge is 2.04. The molecule has 0 fully saturated rings. The zero-order chi connectivity index (χ0) is 19.1. The van der Waals surface area contributed by atoms with Gasteiger partial charge in [-0.3, -0.25) is 9.48 Å². The Morgan fingerprint density at radius 2 is 2.04 bits per heavy atom. The van der Waals surface area contributed by atoms with Crippen molar-refractivity contribution in [2.45, 2.75) is 19.9 Å². The van der Waals surface area contributed by atoms with E-state index in [1.165, 1.54) is 0 Å². The van der Waals surface area contributed by atoms with Gasteiger partial charge in [0.15, 0.2) is 5.78 Å². The number of allylic oxidation sites excluding steroid dienone is 1. The number of hydrogen-bond acceptors (Lipinski definition) is 4. The van der Waals surface area contributed by atoms with Gasteiger partial charge in [0.1, 0.15) is 12.4 Å². The van der Waals surface area contributed by atoms with Gasteiger partial charge in [0, 0.05) is 23.9 Å². The van der Waals surface area contributed by atoms with Crippen LogP contribution in [0.4, 0.5) is 5.69 Å².